The molecule has 0 aromatic heterocycles. The first-order valence-corrected chi connectivity index (χ1v) is 7.18. The molecule has 0 aliphatic rings. The van der Waals surface area contributed by atoms with Gasteiger partial charge in [-0.3, -0.25) is 4.79 Å². The van der Waals surface area contributed by atoms with E-state index >= 15 is 0 Å². The molecule has 0 aliphatic heterocycles. The molecule has 0 atom stereocenters. The van der Waals surface area contributed by atoms with Crippen LogP contribution < -0.4 is 10.1 Å². The smallest absolute Gasteiger partial charge is 0.251 e. The maximum Gasteiger partial charge on any atom is 0.251 e. The molecule has 0 fully saturated rings. The monoisotopic (exact) mass is 283 g/mol. The van der Waals surface area contributed by atoms with Crippen LogP contribution in [0.25, 0.3) is 0 Å². The van der Waals surface area contributed by atoms with E-state index in [-0.39, 0.29) is 5.91 Å². The fraction of sp³-hybridized carbons (Fsp3) is 0.278. The maximum absolute atomic E-state index is 12.2. The molecule has 0 saturated carbocycles. The van der Waals surface area contributed by atoms with E-state index in [0.29, 0.717) is 18.7 Å². The molecular weight excluding hydrogens is 262 g/mol. The lowest BCUT2D eigenvalue weighted by atomic mass is 10.1. The molecule has 0 bridgehead atoms. The van der Waals surface area contributed by atoms with Crippen molar-refractivity contribution < 1.29 is 9.53 Å². The van der Waals surface area contributed by atoms with Crippen molar-refractivity contribution in [1.29, 1.82) is 0 Å². The number of hydrogen-bond acceptors (Lipinski definition) is 2. The number of rotatable bonds is 5. The Bertz CT molecular complexity index is 635. The van der Waals surface area contributed by atoms with Gasteiger partial charge in [0.05, 0.1) is 6.61 Å². The third-order valence-corrected chi connectivity index (χ3v) is 3.44. The predicted octanol–water partition coefficient (Wildman–Crippen LogP) is 3.63. The van der Waals surface area contributed by atoms with Crippen molar-refractivity contribution in [3.8, 4) is 5.75 Å². The summed E-state index contributed by atoms with van der Waals surface area (Å²) in [5.74, 6) is 0.761. The minimum Gasteiger partial charge on any atom is -0.494 e. The average Bonchev–Trinajstić information content (AvgIpc) is 2.48. The number of aryl methyl sites for hydroxylation is 2. The van der Waals surface area contributed by atoms with E-state index < -0.39 is 0 Å². The Hall–Kier alpha value is -2.29. The van der Waals surface area contributed by atoms with Gasteiger partial charge in [-0.15, -0.1) is 0 Å². The summed E-state index contributed by atoms with van der Waals surface area (Å²) in [4.78, 5) is 12.2. The lowest BCUT2D eigenvalue weighted by molar-refractivity contribution is 0.0950. The highest BCUT2D eigenvalue weighted by atomic mass is 16.5. The Morgan fingerprint density at radius 2 is 1.86 bits per heavy atom. The number of carbonyl (C=O) groups is 1. The summed E-state index contributed by atoms with van der Waals surface area (Å²) in [7, 11) is 0. The molecular formula is C18H21NO2. The van der Waals surface area contributed by atoms with Crippen LogP contribution in [0, 0.1) is 13.8 Å². The molecule has 0 unspecified atom stereocenters. The molecule has 1 amide bonds. The largest absolute Gasteiger partial charge is 0.494 e. The Morgan fingerprint density at radius 1 is 1.10 bits per heavy atom. The summed E-state index contributed by atoms with van der Waals surface area (Å²) >= 11 is 0. The minimum atomic E-state index is -0.0654. The van der Waals surface area contributed by atoms with Crippen molar-refractivity contribution in [1.82, 2.24) is 5.32 Å². The van der Waals surface area contributed by atoms with Crippen LogP contribution in [0.5, 0.6) is 5.75 Å². The van der Waals surface area contributed by atoms with Gasteiger partial charge in [0.25, 0.3) is 5.91 Å². The van der Waals surface area contributed by atoms with Gasteiger partial charge in [0.2, 0.25) is 0 Å². The van der Waals surface area contributed by atoms with Gasteiger partial charge in [0.15, 0.2) is 0 Å². The Balaban J connectivity index is 2.04. The minimum absolute atomic E-state index is 0.0654. The van der Waals surface area contributed by atoms with Gasteiger partial charge in [0.1, 0.15) is 5.75 Å². The molecule has 0 saturated heterocycles. The van der Waals surface area contributed by atoms with Gasteiger partial charge in [-0.1, -0.05) is 24.3 Å². The number of amides is 1. The quantitative estimate of drug-likeness (QED) is 0.910. The van der Waals surface area contributed by atoms with E-state index in [1.807, 2.05) is 57.2 Å². The second kappa shape index (κ2) is 6.93. The van der Waals surface area contributed by atoms with Crippen molar-refractivity contribution in [2.75, 3.05) is 6.61 Å². The van der Waals surface area contributed by atoms with Crippen molar-refractivity contribution in [3.05, 3.63) is 64.7 Å². The zero-order chi connectivity index (χ0) is 15.2. The van der Waals surface area contributed by atoms with Crippen LogP contribution in [-0.2, 0) is 6.54 Å². The van der Waals surface area contributed by atoms with Crippen molar-refractivity contribution >= 4 is 5.91 Å². The van der Waals surface area contributed by atoms with Gasteiger partial charge in [-0.05, 0) is 55.7 Å². The molecule has 110 valence electrons. The molecule has 0 aliphatic carbocycles. The molecule has 2 rings (SSSR count). The third-order valence-electron chi connectivity index (χ3n) is 3.44. The van der Waals surface area contributed by atoms with Crippen LogP contribution in [0.3, 0.4) is 0 Å². The second-order valence-electron chi connectivity index (χ2n) is 5.02. The van der Waals surface area contributed by atoms with Gasteiger partial charge in [-0.25, -0.2) is 0 Å². The summed E-state index contributed by atoms with van der Waals surface area (Å²) < 4.78 is 5.48. The average molecular weight is 283 g/mol. The Kier molecular flexibility index (Phi) is 4.99. The summed E-state index contributed by atoms with van der Waals surface area (Å²) in [5.41, 5.74) is 3.94. The third kappa shape index (κ3) is 3.85. The predicted molar refractivity (Wildman–Crippen MR) is 84.7 cm³/mol. The van der Waals surface area contributed by atoms with E-state index in [4.69, 9.17) is 4.74 Å². The fourth-order valence-corrected chi connectivity index (χ4v) is 2.19. The zero-order valence-corrected chi connectivity index (χ0v) is 12.8. The van der Waals surface area contributed by atoms with Gasteiger partial charge >= 0.3 is 0 Å². The van der Waals surface area contributed by atoms with Gasteiger partial charge in [0, 0.05) is 12.1 Å². The SMILES string of the molecule is CCOc1ccc(C(=O)NCc2ccccc2C)cc1C. The highest BCUT2D eigenvalue weighted by molar-refractivity contribution is 5.94. The van der Waals surface area contributed by atoms with Crippen LogP contribution in [0.1, 0.15) is 34.0 Å². The van der Waals surface area contributed by atoms with E-state index in [1.54, 1.807) is 6.07 Å². The van der Waals surface area contributed by atoms with Crippen molar-refractivity contribution in [2.45, 2.75) is 27.3 Å². The molecule has 3 nitrogen and oxygen atoms in total. The fourth-order valence-electron chi connectivity index (χ4n) is 2.19. The first-order chi connectivity index (χ1) is 10.1. The molecule has 1 N–H and O–H groups in total. The molecule has 21 heavy (non-hydrogen) atoms. The summed E-state index contributed by atoms with van der Waals surface area (Å²) in [5, 5.41) is 2.96. The van der Waals surface area contributed by atoms with Gasteiger partial charge in [-0.2, -0.15) is 0 Å². The zero-order valence-electron chi connectivity index (χ0n) is 12.8. The van der Waals surface area contributed by atoms with Crippen molar-refractivity contribution in [2.24, 2.45) is 0 Å². The highest BCUT2D eigenvalue weighted by Crippen LogP contribution is 2.19. The lowest BCUT2D eigenvalue weighted by Gasteiger charge is -2.10. The number of ether oxygens (including phenoxy) is 1. The number of hydrogen-bond donors (Lipinski definition) is 1. The summed E-state index contributed by atoms with van der Waals surface area (Å²) in [6, 6.07) is 13.6. The van der Waals surface area contributed by atoms with E-state index in [9.17, 15) is 4.79 Å². The summed E-state index contributed by atoms with van der Waals surface area (Å²) in [6.07, 6.45) is 0. The molecule has 0 spiro atoms. The Labute approximate surface area is 126 Å². The molecule has 2 aromatic rings. The van der Waals surface area contributed by atoms with E-state index in [1.165, 1.54) is 5.56 Å². The first kappa shape index (κ1) is 15.1. The van der Waals surface area contributed by atoms with Crippen LogP contribution in [0.4, 0.5) is 0 Å². The van der Waals surface area contributed by atoms with Crippen LogP contribution in [0.2, 0.25) is 0 Å². The molecule has 3 heteroatoms. The number of nitrogens with one attached hydrogen (secondary N) is 1. The van der Waals surface area contributed by atoms with Gasteiger partial charge < -0.3 is 10.1 Å². The Morgan fingerprint density at radius 3 is 2.52 bits per heavy atom. The highest BCUT2D eigenvalue weighted by Gasteiger charge is 2.08. The molecule has 2 aromatic carbocycles. The number of carbonyl (C=O) groups excluding carboxylic acids is 1. The van der Waals surface area contributed by atoms with E-state index in [2.05, 4.69) is 5.32 Å². The van der Waals surface area contributed by atoms with E-state index in [0.717, 1.165) is 16.9 Å². The molecule has 0 radical (unpaired) electrons. The topological polar surface area (TPSA) is 38.3 Å². The van der Waals surface area contributed by atoms with Crippen molar-refractivity contribution in [3.63, 3.8) is 0 Å². The lowest BCUT2D eigenvalue weighted by Crippen LogP contribution is -2.23. The number of benzene rings is 2. The van der Waals surface area contributed by atoms with Crippen LogP contribution in [0.15, 0.2) is 42.5 Å². The standard InChI is InChI=1S/C18H21NO2/c1-4-21-17-10-9-15(11-14(17)3)18(20)19-12-16-8-6-5-7-13(16)2/h5-11H,4,12H2,1-3H3,(H,19,20). The second-order valence-corrected chi connectivity index (χ2v) is 5.02. The van der Waals surface area contributed by atoms with Crippen LogP contribution >= 0.6 is 0 Å². The molecule has 0 heterocycles. The van der Waals surface area contributed by atoms with Crippen LogP contribution in [-0.4, -0.2) is 12.5 Å². The first-order valence-electron chi connectivity index (χ1n) is 7.18. The maximum atomic E-state index is 12.2. The normalized spacial score (nSPS) is 10.2. The summed E-state index contributed by atoms with van der Waals surface area (Å²) in [6.45, 7) is 7.10.